The first-order valence-electron chi connectivity index (χ1n) is 6.09. The molecule has 2 N–H and O–H groups in total. The third-order valence-corrected chi connectivity index (χ3v) is 2.95. The van der Waals surface area contributed by atoms with E-state index in [1.54, 1.807) is 4.90 Å². The van der Waals surface area contributed by atoms with E-state index >= 15 is 0 Å². The van der Waals surface area contributed by atoms with Crippen LogP contribution in [0, 0.1) is 5.92 Å². The topological polar surface area (TPSA) is 55.6 Å². The van der Waals surface area contributed by atoms with Crippen LogP contribution in [-0.4, -0.2) is 35.7 Å². The maximum atomic E-state index is 11.8. The number of nitrogens with two attached hydrogens (primary N) is 1. The van der Waals surface area contributed by atoms with Crippen LogP contribution in [0.4, 0.5) is 4.79 Å². The minimum Gasteiger partial charge on any atom is -0.444 e. The molecule has 0 aromatic carbocycles. The summed E-state index contributed by atoms with van der Waals surface area (Å²) in [4.78, 5) is 13.6. The molecule has 0 saturated carbocycles. The first-order valence-corrected chi connectivity index (χ1v) is 6.09. The van der Waals surface area contributed by atoms with Crippen LogP contribution < -0.4 is 5.73 Å². The molecule has 0 aliphatic carbocycles. The van der Waals surface area contributed by atoms with Crippen molar-refractivity contribution >= 4 is 6.09 Å². The summed E-state index contributed by atoms with van der Waals surface area (Å²) in [7, 11) is 0. The molecule has 0 aromatic heterocycles. The Kier molecular flexibility index (Phi) is 4.20. The average Bonchev–Trinajstić information content (AvgIpc) is 2.62. The van der Waals surface area contributed by atoms with E-state index < -0.39 is 5.60 Å². The fourth-order valence-corrected chi connectivity index (χ4v) is 1.98. The lowest BCUT2D eigenvalue weighted by molar-refractivity contribution is 0.0287. The molecular formula is C13H24N2O2. The van der Waals surface area contributed by atoms with E-state index in [1.807, 2.05) is 27.7 Å². The van der Waals surface area contributed by atoms with Gasteiger partial charge in [-0.25, -0.2) is 4.79 Å². The minimum absolute atomic E-state index is 0.0255. The number of carbonyl (C=O) groups excluding carboxylic acids is 1. The Labute approximate surface area is 104 Å². The van der Waals surface area contributed by atoms with Gasteiger partial charge in [-0.2, -0.15) is 0 Å². The van der Waals surface area contributed by atoms with E-state index in [1.165, 1.54) is 0 Å². The zero-order chi connectivity index (χ0) is 13.2. The number of hydrogen-bond donors (Lipinski definition) is 1. The highest BCUT2D eigenvalue weighted by Gasteiger charge is 2.32. The molecule has 1 heterocycles. The molecule has 0 radical (unpaired) electrons. The smallest absolute Gasteiger partial charge is 0.410 e. The van der Waals surface area contributed by atoms with E-state index in [0.29, 0.717) is 12.5 Å². The van der Waals surface area contributed by atoms with Crippen molar-refractivity contribution in [2.75, 3.05) is 13.1 Å². The largest absolute Gasteiger partial charge is 0.444 e. The van der Waals surface area contributed by atoms with Crippen LogP contribution >= 0.6 is 0 Å². The Bertz CT molecular complexity index is 307. The zero-order valence-corrected chi connectivity index (χ0v) is 11.3. The number of likely N-dealkylation sites (tertiary alicyclic amines) is 1. The molecule has 1 aliphatic heterocycles. The maximum Gasteiger partial charge on any atom is 0.410 e. The Hall–Kier alpha value is -1.03. The number of carbonyl (C=O) groups is 1. The van der Waals surface area contributed by atoms with Crippen molar-refractivity contribution < 1.29 is 9.53 Å². The molecule has 0 spiro atoms. The van der Waals surface area contributed by atoms with E-state index in [2.05, 4.69) is 6.58 Å². The second kappa shape index (κ2) is 5.08. The Balaban J connectivity index is 2.50. The van der Waals surface area contributed by atoms with E-state index in [0.717, 1.165) is 18.5 Å². The summed E-state index contributed by atoms with van der Waals surface area (Å²) in [6, 6.07) is -0.0255. The molecule has 2 unspecified atom stereocenters. The standard InChI is InChI=1S/C13H24N2O2/c1-9(2)11(14)10-6-7-15(8-10)12(16)17-13(3,4)5/h10-11H,1,6-8,14H2,2-5H3. The third kappa shape index (κ3) is 4.04. The molecule has 0 bridgehead atoms. The third-order valence-electron chi connectivity index (χ3n) is 2.95. The van der Waals surface area contributed by atoms with Crippen molar-refractivity contribution in [1.82, 2.24) is 4.90 Å². The van der Waals surface area contributed by atoms with Gasteiger partial charge in [-0.15, -0.1) is 0 Å². The van der Waals surface area contributed by atoms with Crippen molar-refractivity contribution in [3.8, 4) is 0 Å². The average molecular weight is 240 g/mol. The van der Waals surface area contributed by atoms with Crippen molar-refractivity contribution in [1.29, 1.82) is 0 Å². The van der Waals surface area contributed by atoms with Crippen LogP contribution in [0.15, 0.2) is 12.2 Å². The van der Waals surface area contributed by atoms with Crippen LogP contribution in [0.1, 0.15) is 34.1 Å². The fourth-order valence-electron chi connectivity index (χ4n) is 1.98. The number of hydrogen-bond acceptors (Lipinski definition) is 3. The highest BCUT2D eigenvalue weighted by molar-refractivity contribution is 5.68. The number of nitrogens with zero attached hydrogens (tertiary/aromatic N) is 1. The van der Waals surface area contributed by atoms with Gasteiger partial charge in [0.1, 0.15) is 5.60 Å². The second-order valence-electron chi connectivity index (χ2n) is 5.85. The van der Waals surface area contributed by atoms with E-state index in [9.17, 15) is 4.79 Å². The van der Waals surface area contributed by atoms with Gasteiger partial charge in [-0.05, 0) is 40.0 Å². The lowest BCUT2D eigenvalue weighted by Gasteiger charge is -2.25. The second-order valence-corrected chi connectivity index (χ2v) is 5.85. The van der Waals surface area contributed by atoms with Crippen molar-refractivity contribution in [3.63, 3.8) is 0 Å². The van der Waals surface area contributed by atoms with Gasteiger partial charge in [0, 0.05) is 19.1 Å². The van der Waals surface area contributed by atoms with Gasteiger partial charge in [0.25, 0.3) is 0 Å². The number of amides is 1. The predicted molar refractivity (Wildman–Crippen MR) is 68.7 cm³/mol. The van der Waals surface area contributed by atoms with Gasteiger partial charge < -0.3 is 15.4 Å². The van der Waals surface area contributed by atoms with Crippen molar-refractivity contribution in [2.24, 2.45) is 11.7 Å². The highest BCUT2D eigenvalue weighted by atomic mass is 16.6. The Morgan fingerprint density at radius 3 is 2.59 bits per heavy atom. The molecule has 1 aliphatic rings. The first-order chi connectivity index (χ1) is 7.70. The lowest BCUT2D eigenvalue weighted by Crippen LogP contribution is -2.38. The Morgan fingerprint density at radius 2 is 2.12 bits per heavy atom. The normalized spacial score (nSPS) is 22.4. The van der Waals surface area contributed by atoms with Crippen LogP contribution in [-0.2, 0) is 4.74 Å². The molecule has 4 heteroatoms. The number of ether oxygens (including phenoxy) is 1. The monoisotopic (exact) mass is 240 g/mol. The molecular weight excluding hydrogens is 216 g/mol. The zero-order valence-electron chi connectivity index (χ0n) is 11.3. The summed E-state index contributed by atoms with van der Waals surface area (Å²) in [5, 5.41) is 0. The molecule has 1 saturated heterocycles. The first kappa shape index (κ1) is 14.0. The van der Waals surface area contributed by atoms with E-state index in [4.69, 9.17) is 10.5 Å². The lowest BCUT2D eigenvalue weighted by atomic mass is 9.95. The summed E-state index contributed by atoms with van der Waals surface area (Å²) in [6.45, 7) is 12.8. The molecule has 17 heavy (non-hydrogen) atoms. The molecule has 98 valence electrons. The molecule has 1 fully saturated rings. The SMILES string of the molecule is C=C(C)C(N)C1CCN(C(=O)OC(C)(C)C)C1. The summed E-state index contributed by atoms with van der Waals surface area (Å²) in [6.07, 6.45) is 0.682. The van der Waals surface area contributed by atoms with Gasteiger partial charge in [-0.1, -0.05) is 12.2 Å². The highest BCUT2D eigenvalue weighted by Crippen LogP contribution is 2.23. The summed E-state index contributed by atoms with van der Waals surface area (Å²) in [5.41, 5.74) is 6.57. The summed E-state index contributed by atoms with van der Waals surface area (Å²) >= 11 is 0. The molecule has 0 aromatic rings. The summed E-state index contributed by atoms with van der Waals surface area (Å²) < 4.78 is 5.33. The van der Waals surface area contributed by atoms with Crippen LogP contribution in [0.25, 0.3) is 0 Å². The minimum atomic E-state index is -0.439. The van der Waals surface area contributed by atoms with E-state index in [-0.39, 0.29) is 12.1 Å². The molecule has 4 nitrogen and oxygen atoms in total. The van der Waals surface area contributed by atoms with Gasteiger partial charge in [-0.3, -0.25) is 0 Å². The van der Waals surface area contributed by atoms with Gasteiger partial charge in [0.05, 0.1) is 0 Å². The quantitative estimate of drug-likeness (QED) is 0.752. The molecule has 1 rings (SSSR count). The molecule has 1 amide bonds. The Morgan fingerprint density at radius 1 is 1.53 bits per heavy atom. The fraction of sp³-hybridized carbons (Fsp3) is 0.769. The van der Waals surface area contributed by atoms with Gasteiger partial charge in [0.2, 0.25) is 0 Å². The predicted octanol–water partition coefficient (Wildman–Crippen LogP) is 2.15. The van der Waals surface area contributed by atoms with Crippen LogP contribution in [0.3, 0.4) is 0 Å². The number of rotatable bonds is 2. The van der Waals surface area contributed by atoms with Gasteiger partial charge in [0.15, 0.2) is 0 Å². The van der Waals surface area contributed by atoms with Crippen molar-refractivity contribution in [3.05, 3.63) is 12.2 Å². The molecule has 2 atom stereocenters. The van der Waals surface area contributed by atoms with Crippen LogP contribution in [0.2, 0.25) is 0 Å². The summed E-state index contributed by atoms with van der Waals surface area (Å²) in [5.74, 6) is 0.306. The van der Waals surface area contributed by atoms with Crippen LogP contribution in [0.5, 0.6) is 0 Å². The van der Waals surface area contributed by atoms with Gasteiger partial charge >= 0.3 is 6.09 Å². The maximum absolute atomic E-state index is 11.8. The van der Waals surface area contributed by atoms with Crippen molar-refractivity contribution in [2.45, 2.75) is 45.8 Å².